The standard InChI is InChI=1S/C10H9F3O2/c1-15-9(14)8(10(11,12)13)7-5-3-2-4-6-7/h2-6,8H,1H3. The Kier molecular flexibility index (Phi) is 3.34. The van der Waals surface area contributed by atoms with Crippen LogP contribution in [0.1, 0.15) is 11.5 Å². The van der Waals surface area contributed by atoms with Gasteiger partial charge in [0.25, 0.3) is 0 Å². The van der Waals surface area contributed by atoms with Crippen molar-refractivity contribution in [1.29, 1.82) is 0 Å². The van der Waals surface area contributed by atoms with E-state index in [0.29, 0.717) is 0 Å². The third kappa shape index (κ3) is 2.71. The topological polar surface area (TPSA) is 26.3 Å². The number of ether oxygens (including phenoxy) is 1. The van der Waals surface area contributed by atoms with Crippen LogP contribution >= 0.6 is 0 Å². The molecule has 0 aliphatic rings. The van der Waals surface area contributed by atoms with E-state index < -0.39 is 18.1 Å². The van der Waals surface area contributed by atoms with Crippen LogP contribution in [0.15, 0.2) is 30.3 Å². The van der Waals surface area contributed by atoms with Gasteiger partial charge >= 0.3 is 12.1 Å². The molecule has 5 heteroatoms. The number of halogens is 3. The molecule has 0 bridgehead atoms. The summed E-state index contributed by atoms with van der Waals surface area (Å²) in [5.74, 6) is -3.50. The van der Waals surface area contributed by atoms with Crippen molar-refractivity contribution in [2.75, 3.05) is 7.11 Å². The largest absolute Gasteiger partial charge is 0.468 e. The van der Waals surface area contributed by atoms with Gasteiger partial charge in [0.1, 0.15) is 0 Å². The van der Waals surface area contributed by atoms with Crippen LogP contribution in [0.4, 0.5) is 13.2 Å². The van der Waals surface area contributed by atoms with Gasteiger partial charge in [0, 0.05) is 0 Å². The highest BCUT2D eigenvalue weighted by atomic mass is 19.4. The fraction of sp³-hybridized carbons (Fsp3) is 0.300. The Labute approximate surface area is 84.7 Å². The number of esters is 1. The van der Waals surface area contributed by atoms with Gasteiger partial charge in [-0.05, 0) is 5.56 Å². The highest BCUT2D eigenvalue weighted by Gasteiger charge is 2.46. The van der Waals surface area contributed by atoms with Crippen molar-refractivity contribution < 1.29 is 22.7 Å². The summed E-state index contributed by atoms with van der Waals surface area (Å²) in [7, 11) is 0.935. The Morgan fingerprint density at radius 2 is 1.80 bits per heavy atom. The molecule has 0 spiro atoms. The van der Waals surface area contributed by atoms with Crippen molar-refractivity contribution in [3.63, 3.8) is 0 Å². The van der Waals surface area contributed by atoms with Gasteiger partial charge in [0.15, 0.2) is 5.92 Å². The lowest BCUT2D eigenvalue weighted by Gasteiger charge is -2.17. The first kappa shape index (κ1) is 11.6. The summed E-state index contributed by atoms with van der Waals surface area (Å²) in [6.45, 7) is 0. The number of carbonyl (C=O) groups excluding carboxylic acids is 1. The molecule has 0 heterocycles. The molecule has 0 radical (unpaired) electrons. The predicted molar refractivity (Wildman–Crippen MR) is 47.3 cm³/mol. The minimum absolute atomic E-state index is 0.114. The fourth-order valence-electron chi connectivity index (χ4n) is 1.22. The first-order valence-corrected chi connectivity index (χ1v) is 4.16. The molecule has 0 amide bonds. The van der Waals surface area contributed by atoms with Crippen LogP contribution in [0.2, 0.25) is 0 Å². The van der Waals surface area contributed by atoms with Crippen molar-refractivity contribution in [3.8, 4) is 0 Å². The van der Waals surface area contributed by atoms with E-state index >= 15 is 0 Å². The number of alkyl halides is 3. The lowest BCUT2D eigenvalue weighted by atomic mass is 9.99. The van der Waals surface area contributed by atoms with E-state index in [1.807, 2.05) is 0 Å². The molecular formula is C10H9F3O2. The normalized spacial score (nSPS) is 13.3. The molecule has 1 aromatic rings. The van der Waals surface area contributed by atoms with E-state index in [2.05, 4.69) is 4.74 Å². The van der Waals surface area contributed by atoms with E-state index in [4.69, 9.17) is 0 Å². The summed E-state index contributed by atoms with van der Waals surface area (Å²) in [5.41, 5.74) is -0.114. The highest BCUT2D eigenvalue weighted by molar-refractivity contribution is 5.79. The summed E-state index contributed by atoms with van der Waals surface area (Å²) >= 11 is 0. The average Bonchev–Trinajstić information content (AvgIpc) is 2.17. The zero-order chi connectivity index (χ0) is 11.5. The van der Waals surface area contributed by atoms with Gasteiger partial charge in [-0.3, -0.25) is 4.79 Å². The molecule has 1 atom stereocenters. The van der Waals surface area contributed by atoms with Crippen LogP contribution in [0.25, 0.3) is 0 Å². The minimum Gasteiger partial charge on any atom is -0.468 e. The molecule has 0 fully saturated rings. The number of rotatable bonds is 2. The van der Waals surface area contributed by atoms with Gasteiger partial charge in [0.05, 0.1) is 7.11 Å². The van der Waals surface area contributed by atoms with Crippen molar-refractivity contribution in [2.24, 2.45) is 0 Å². The Bertz CT molecular complexity index is 332. The molecule has 2 nitrogen and oxygen atoms in total. The smallest absolute Gasteiger partial charge is 0.406 e. The third-order valence-electron chi connectivity index (χ3n) is 1.90. The number of hydrogen-bond donors (Lipinski definition) is 0. The molecule has 1 rings (SSSR count). The zero-order valence-corrected chi connectivity index (χ0v) is 7.91. The van der Waals surface area contributed by atoms with Crippen molar-refractivity contribution >= 4 is 5.97 Å². The maximum absolute atomic E-state index is 12.5. The second-order valence-electron chi connectivity index (χ2n) is 2.91. The molecule has 1 unspecified atom stereocenters. The zero-order valence-electron chi connectivity index (χ0n) is 7.91. The van der Waals surface area contributed by atoms with E-state index in [1.165, 1.54) is 24.3 Å². The highest BCUT2D eigenvalue weighted by Crippen LogP contribution is 2.35. The molecular weight excluding hydrogens is 209 g/mol. The Hall–Kier alpha value is -1.52. The lowest BCUT2D eigenvalue weighted by molar-refractivity contribution is -0.179. The fourth-order valence-corrected chi connectivity index (χ4v) is 1.22. The maximum Gasteiger partial charge on any atom is 0.406 e. The second-order valence-corrected chi connectivity index (χ2v) is 2.91. The lowest BCUT2D eigenvalue weighted by Crippen LogP contribution is -2.29. The Morgan fingerprint density at radius 3 is 2.20 bits per heavy atom. The average molecular weight is 218 g/mol. The van der Waals surface area contributed by atoms with Gasteiger partial charge in [-0.15, -0.1) is 0 Å². The third-order valence-corrected chi connectivity index (χ3v) is 1.90. The quantitative estimate of drug-likeness (QED) is 0.713. The molecule has 0 saturated heterocycles. The predicted octanol–water partition coefficient (Wildman–Crippen LogP) is 2.51. The molecule has 1 aromatic carbocycles. The van der Waals surface area contributed by atoms with Gasteiger partial charge in [-0.25, -0.2) is 0 Å². The van der Waals surface area contributed by atoms with Crippen molar-refractivity contribution in [2.45, 2.75) is 12.1 Å². The molecule has 0 aromatic heterocycles. The summed E-state index contributed by atoms with van der Waals surface area (Å²) in [5, 5.41) is 0. The van der Waals surface area contributed by atoms with Crippen LogP contribution in [-0.2, 0) is 9.53 Å². The second kappa shape index (κ2) is 4.33. The first-order chi connectivity index (χ1) is 6.96. The van der Waals surface area contributed by atoms with Crippen LogP contribution in [0.3, 0.4) is 0 Å². The van der Waals surface area contributed by atoms with Gasteiger partial charge in [0.2, 0.25) is 0 Å². The van der Waals surface area contributed by atoms with Gasteiger partial charge in [-0.1, -0.05) is 30.3 Å². The SMILES string of the molecule is COC(=O)C(c1ccccc1)C(F)(F)F. The van der Waals surface area contributed by atoms with Crippen molar-refractivity contribution in [1.82, 2.24) is 0 Å². The summed E-state index contributed by atoms with van der Waals surface area (Å²) in [4.78, 5) is 11.0. The number of benzene rings is 1. The molecule has 15 heavy (non-hydrogen) atoms. The summed E-state index contributed by atoms with van der Waals surface area (Å²) in [6.07, 6.45) is -4.63. The molecule has 82 valence electrons. The van der Waals surface area contributed by atoms with Crippen molar-refractivity contribution in [3.05, 3.63) is 35.9 Å². The summed E-state index contributed by atoms with van der Waals surface area (Å²) in [6, 6.07) is 6.95. The number of carbonyl (C=O) groups is 1. The van der Waals surface area contributed by atoms with Crippen LogP contribution in [0, 0.1) is 0 Å². The molecule has 0 saturated carbocycles. The van der Waals surface area contributed by atoms with Gasteiger partial charge < -0.3 is 4.74 Å². The van der Waals surface area contributed by atoms with Crippen LogP contribution in [-0.4, -0.2) is 19.3 Å². The Balaban J connectivity index is 3.08. The van der Waals surface area contributed by atoms with E-state index in [1.54, 1.807) is 6.07 Å². The monoisotopic (exact) mass is 218 g/mol. The molecule has 0 aliphatic carbocycles. The number of methoxy groups -OCH3 is 1. The van der Waals surface area contributed by atoms with Crippen LogP contribution < -0.4 is 0 Å². The maximum atomic E-state index is 12.5. The van der Waals surface area contributed by atoms with Crippen LogP contribution in [0.5, 0.6) is 0 Å². The van der Waals surface area contributed by atoms with E-state index in [9.17, 15) is 18.0 Å². The molecule has 0 N–H and O–H groups in total. The van der Waals surface area contributed by atoms with Gasteiger partial charge in [-0.2, -0.15) is 13.2 Å². The van der Waals surface area contributed by atoms with E-state index in [0.717, 1.165) is 7.11 Å². The Morgan fingerprint density at radius 1 is 1.27 bits per heavy atom. The summed E-state index contributed by atoms with van der Waals surface area (Å²) < 4.78 is 41.8. The number of hydrogen-bond acceptors (Lipinski definition) is 2. The van der Waals surface area contributed by atoms with E-state index in [-0.39, 0.29) is 5.56 Å². The minimum atomic E-state index is -4.63. The first-order valence-electron chi connectivity index (χ1n) is 4.16. The molecule has 0 aliphatic heterocycles.